The third kappa shape index (κ3) is 5.02. The molecular weight excluding hydrogens is 411 g/mol. The van der Waals surface area contributed by atoms with Gasteiger partial charge in [0, 0.05) is 32.6 Å². The lowest BCUT2D eigenvalue weighted by molar-refractivity contribution is -0.111. The van der Waals surface area contributed by atoms with Crippen molar-refractivity contribution in [3.63, 3.8) is 0 Å². The number of nitrogens with one attached hydrogen (secondary N) is 1. The molecule has 3 aromatic rings. The maximum Gasteiger partial charge on any atom is 0.250 e. The van der Waals surface area contributed by atoms with Crippen LogP contribution in [0.25, 0.3) is 17.3 Å². The molecule has 0 aliphatic carbocycles. The van der Waals surface area contributed by atoms with E-state index in [1.54, 1.807) is 24.3 Å². The molecule has 1 amide bonds. The summed E-state index contributed by atoms with van der Waals surface area (Å²) in [6.07, 6.45) is 2.99. The second-order valence-corrected chi connectivity index (χ2v) is 9.00. The largest absolute Gasteiger partial charge is 0.298 e. The van der Waals surface area contributed by atoms with Crippen molar-refractivity contribution >= 4 is 51.7 Å². The first-order valence-electron chi connectivity index (χ1n) is 8.73. The molecule has 3 nitrogen and oxygen atoms in total. The molecule has 0 spiro atoms. The fourth-order valence-corrected chi connectivity index (χ4v) is 3.83. The standard InChI is InChI=1S/C22H20Cl2N2OS/c1-22(2,3)15-9-7-14(8-10-15)19-13-28-21(25-19)26-20(27)12-11-16-17(23)5-4-6-18(16)24/h4-13H,1-3H3,(H,25,26,27). The van der Waals surface area contributed by atoms with Gasteiger partial charge >= 0.3 is 0 Å². The number of nitrogens with zero attached hydrogens (tertiary/aromatic N) is 1. The van der Waals surface area contributed by atoms with Crippen molar-refractivity contribution in [1.82, 2.24) is 4.98 Å². The average molecular weight is 431 g/mol. The van der Waals surface area contributed by atoms with E-state index in [1.807, 2.05) is 5.38 Å². The summed E-state index contributed by atoms with van der Waals surface area (Å²) in [4.78, 5) is 16.7. The minimum Gasteiger partial charge on any atom is -0.298 e. The molecule has 0 unspecified atom stereocenters. The maximum atomic E-state index is 12.2. The van der Waals surface area contributed by atoms with Gasteiger partial charge in [0.05, 0.1) is 5.69 Å². The van der Waals surface area contributed by atoms with Crippen molar-refractivity contribution in [2.75, 3.05) is 5.32 Å². The van der Waals surface area contributed by atoms with Crippen LogP contribution in [0, 0.1) is 0 Å². The SMILES string of the molecule is CC(C)(C)c1ccc(-c2csc(NC(=O)C=Cc3c(Cl)cccc3Cl)n2)cc1. The van der Waals surface area contributed by atoms with Crippen LogP contribution in [0.15, 0.2) is 53.9 Å². The van der Waals surface area contributed by atoms with E-state index in [0.29, 0.717) is 20.7 Å². The van der Waals surface area contributed by atoms with Crippen LogP contribution in [-0.2, 0) is 10.2 Å². The Morgan fingerprint density at radius 2 is 1.71 bits per heavy atom. The van der Waals surface area contributed by atoms with E-state index < -0.39 is 0 Å². The van der Waals surface area contributed by atoms with Crippen molar-refractivity contribution in [3.8, 4) is 11.3 Å². The van der Waals surface area contributed by atoms with Gasteiger partial charge in [-0.25, -0.2) is 4.98 Å². The number of halogens is 2. The predicted molar refractivity (Wildman–Crippen MR) is 120 cm³/mol. The van der Waals surface area contributed by atoms with Crippen molar-refractivity contribution in [1.29, 1.82) is 0 Å². The van der Waals surface area contributed by atoms with Crippen molar-refractivity contribution in [2.24, 2.45) is 0 Å². The topological polar surface area (TPSA) is 42.0 Å². The number of carbonyl (C=O) groups is 1. The van der Waals surface area contributed by atoms with E-state index in [9.17, 15) is 4.79 Å². The average Bonchev–Trinajstić information content (AvgIpc) is 3.09. The zero-order valence-corrected chi connectivity index (χ0v) is 18.1. The van der Waals surface area contributed by atoms with Crippen LogP contribution in [0.3, 0.4) is 0 Å². The van der Waals surface area contributed by atoms with E-state index in [1.165, 1.54) is 23.0 Å². The van der Waals surface area contributed by atoms with Gasteiger partial charge < -0.3 is 0 Å². The van der Waals surface area contributed by atoms with Crippen LogP contribution in [0.5, 0.6) is 0 Å². The van der Waals surface area contributed by atoms with Gasteiger partial charge in [-0.15, -0.1) is 11.3 Å². The minimum atomic E-state index is -0.292. The predicted octanol–water partition coefficient (Wildman–Crippen LogP) is 7.07. The molecule has 1 N–H and O–H groups in total. The number of thiazole rings is 1. The Labute approximate surface area is 179 Å². The zero-order valence-electron chi connectivity index (χ0n) is 15.8. The molecule has 1 aromatic heterocycles. The van der Waals surface area contributed by atoms with Gasteiger partial charge in [-0.2, -0.15) is 0 Å². The Kier molecular flexibility index (Phi) is 6.23. The number of hydrogen-bond donors (Lipinski definition) is 1. The van der Waals surface area contributed by atoms with Crippen molar-refractivity contribution in [3.05, 3.63) is 75.1 Å². The van der Waals surface area contributed by atoms with E-state index in [-0.39, 0.29) is 11.3 Å². The number of rotatable bonds is 4. The molecular formula is C22H20Cl2N2OS. The number of benzene rings is 2. The van der Waals surface area contributed by atoms with Crippen LogP contribution in [0.2, 0.25) is 10.0 Å². The molecule has 28 heavy (non-hydrogen) atoms. The first-order chi connectivity index (χ1) is 13.2. The maximum absolute atomic E-state index is 12.2. The van der Waals surface area contributed by atoms with E-state index >= 15 is 0 Å². The Balaban J connectivity index is 1.69. The molecule has 6 heteroatoms. The number of anilines is 1. The second-order valence-electron chi connectivity index (χ2n) is 7.32. The summed E-state index contributed by atoms with van der Waals surface area (Å²) < 4.78 is 0. The van der Waals surface area contributed by atoms with E-state index in [4.69, 9.17) is 23.2 Å². The molecule has 144 valence electrons. The second kappa shape index (κ2) is 8.48. The molecule has 0 radical (unpaired) electrons. The lowest BCUT2D eigenvalue weighted by atomic mass is 9.86. The highest BCUT2D eigenvalue weighted by Gasteiger charge is 2.14. The molecule has 2 aromatic carbocycles. The Morgan fingerprint density at radius 3 is 2.32 bits per heavy atom. The summed E-state index contributed by atoms with van der Waals surface area (Å²) in [5.41, 5.74) is 3.83. The Bertz CT molecular complexity index is 998. The normalized spacial score (nSPS) is 11.8. The third-order valence-electron chi connectivity index (χ3n) is 4.18. The lowest BCUT2D eigenvalue weighted by Crippen LogP contribution is -2.10. The van der Waals surface area contributed by atoms with E-state index in [2.05, 4.69) is 55.3 Å². The molecule has 0 saturated carbocycles. The molecule has 0 fully saturated rings. The highest BCUT2D eigenvalue weighted by molar-refractivity contribution is 7.14. The summed E-state index contributed by atoms with van der Waals surface area (Å²) >= 11 is 13.6. The third-order valence-corrected chi connectivity index (χ3v) is 5.60. The van der Waals surface area contributed by atoms with Gasteiger partial charge in [0.15, 0.2) is 5.13 Å². The van der Waals surface area contributed by atoms with Crippen LogP contribution >= 0.6 is 34.5 Å². The van der Waals surface area contributed by atoms with Crippen LogP contribution in [0.4, 0.5) is 5.13 Å². The number of carbonyl (C=O) groups excluding carboxylic acids is 1. The molecule has 0 bridgehead atoms. The van der Waals surface area contributed by atoms with E-state index in [0.717, 1.165) is 11.3 Å². The van der Waals surface area contributed by atoms with Crippen molar-refractivity contribution < 1.29 is 4.79 Å². The number of aromatic nitrogens is 1. The molecule has 0 atom stereocenters. The summed E-state index contributed by atoms with van der Waals surface area (Å²) in [6, 6.07) is 13.5. The fourth-order valence-electron chi connectivity index (χ4n) is 2.58. The molecule has 0 saturated heterocycles. The first kappa shape index (κ1) is 20.6. The Morgan fingerprint density at radius 1 is 1.07 bits per heavy atom. The van der Waals surface area contributed by atoms with Gasteiger partial charge in [0.2, 0.25) is 5.91 Å². The van der Waals surface area contributed by atoms with Crippen LogP contribution in [-0.4, -0.2) is 10.9 Å². The summed E-state index contributed by atoms with van der Waals surface area (Å²) in [7, 11) is 0. The first-order valence-corrected chi connectivity index (χ1v) is 10.4. The number of hydrogen-bond acceptors (Lipinski definition) is 3. The smallest absolute Gasteiger partial charge is 0.250 e. The van der Waals surface area contributed by atoms with Gasteiger partial charge in [0.1, 0.15) is 0 Å². The quantitative estimate of drug-likeness (QED) is 0.449. The van der Waals surface area contributed by atoms with Crippen LogP contribution in [0.1, 0.15) is 31.9 Å². The van der Waals surface area contributed by atoms with Gasteiger partial charge in [-0.1, -0.05) is 74.3 Å². The highest BCUT2D eigenvalue weighted by atomic mass is 35.5. The summed E-state index contributed by atoms with van der Waals surface area (Å²) in [5, 5.41) is 6.22. The summed E-state index contributed by atoms with van der Waals surface area (Å²) in [6.45, 7) is 6.55. The number of amides is 1. The van der Waals surface area contributed by atoms with Gasteiger partial charge in [-0.05, 0) is 29.2 Å². The van der Waals surface area contributed by atoms with Gasteiger partial charge in [0.25, 0.3) is 0 Å². The molecule has 0 aliphatic rings. The summed E-state index contributed by atoms with van der Waals surface area (Å²) in [5.74, 6) is -0.292. The highest BCUT2D eigenvalue weighted by Crippen LogP contribution is 2.29. The monoisotopic (exact) mass is 430 g/mol. The fraction of sp³-hybridized carbons (Fsp3) is 0.182. The zero-order chi connectivity index (χ0) is 20.3. The lowest BCUT2D eigenvalue weighted by Gasteiger charge is -2.18. The van der Waals surface area contributed by atoms with Gasteiger partial charge in [-0.3, -0.25) is 10.1 Å². The van der Waals surface area contributed by atoms with Crippen molar-refractivity contribution in [2.45, 2.75) is 26.2 Å². The minimum absolute atomic E-state index is 0.108. The molecule has 0 aliphatic heterocycles. The van der Waals surface area contributed by atoms with Crippen LogP contribution < -0.4 is 5.32 Å². The molecule has 3 rings (SSSR count). The molecule has 1 heterocycles. The Hall–Kier alpha value is -2.14.